The zero-order valence-electron chi connectivity index (χ0n) is 31.6. The van der Waals surface area contributed by atoms with Gasteiger partial charge in [-0.1, -0.05) is 6.92 Å². The summed E-state index contributed by atoms with van der Waals surface area (Å²) in [5.74, 6) is 0.141. The van der Waals surface area contributed by atoms with Crippen LogP contribution in [0.2, 0.25) is 0 Å². The summed E-state index contributed by atoms with van der Waals surface area (Å²) in [7, 11) is 4.61. The first kappa shape index (κ1) is 42.9. The zero-order chi connectivity index (χ0) is 36.2. The number of benzene rings is 2. The van der Waals surface area contributed by atoms with Crippen molar-refractivity contribution in [1.82, 2.24) is 0 Å². The van der Waals surface area contributed by atoms with Gasteiger partial charge < -0.3 is 61.9 Å². The molecule has 0 aromatic heterocycles. The lowest BCUT2D eigenvalue weighted by Gasteiger charge is -2.47. The Morgan fingerprint density at radius 1 is 0.623 bits per heavy atom. The molecule has 4 aliphatic heterocycles. The first-order chi connectivity index (χ1) is 24.4. The van der Waals surface area contributed by atoms with Gasteiger partial charge in [0.05, 0.1) is 32.2 Å². The molecule has 0 saturated carbocycles. The van der Waals surface area contributed by atoms with Gasteiger partial charge in [-0.25, -0.2) is 0 Å². The standard InChI is InChI=1S/C41H56N2O8.2BrH/c1-5-7-39(45)49-35-20-12-29(13-21-35)26-42(3)32-14-15-33(42)25-36(24-32)50-40(46)8-6-9-41(47)51-38-23-17-31-16-22-37(38)43(31,4)27-30-10-18-34(19-11-30)48-28(2)44;;/h10-13,18-21,31-33,36-38H,5-9,14-17,22-27H2,1-4H3;2*1H/q+2;;/p-2. The van der Waals surface area contributed by atoms with Gasteiger partial charge in [0.15, 0.2) is 6.10 Å². The summed E-state index contributed by atoms with van der Waals surface area (Å²) in [6, 6.07) is 17.2. The maximum atomic E-state index is 13.0. The Balaban J connectivity index is 0.00000314. The number of quaternary nitrogens is 2. The molecule has 4 saturated heterocycles. The van der Waals surface area contributed by atoms with Gasteiger partial charge in [-0.2, -0.15) is 0 Å². The highest BCUT2D eigenvalue weighted by atomic mass is 79.9. The van der Waals surface area contributed by atoms with E-state index in [9.17, 15) is 19.2 Å². The molecule has 292 valence electrons. The molecule has 4 heterocycles. The number of esters is 4. The van der Waals surface area contributed by atoms with Crippen molar-refractivity contribution in [3.63, 3.8) is 0 Å². The van der Waals surface area contributed by atoms with Crippen LogP contribution < -0.4 is 43.4 Å². The molecule has 6 unspecified atom stereocenters. The number of carbonyl (C=O) groups is 4. The number of ether oxygens (including phenoxy) is 4. The molecule has 6 atom stereocenters. The van der Waals surface area contributed by atoms with E-state index >= 15 is 0 Å². The van der Waals surface area contributed by atoms with Gasteiger partial charge in [0.1, 0.15) is 36.7 Å². The summed E-state index contributed by atoms with van der Waals surface area (Å²) in [5.41, 5.74) is 2.38. The van der Waals surface area contributed by atoms with Gasteiger partial charge in [-0.05, 0) is 67.8 Å². The average Bonchev–Trinajstić information content (AvgIpc) is 3.32. The molecule has 2 aromatic carbocycles. The Morgan fingerprint density at radius 2 is 1.13 bits per heavy atom. The number of likely N-dealkylation sites (N-methyl/N-ethyl adjacent to an activating group) is 1. The smallest absolute Gasteiger partial charge is 0.311 e. The molecule has 4 fully saturated rings. The SMILES string of the molecule is CCCC(=O)Oc1ccc(C[N+]2(C)C3CCC2CC(OC(=O)CCCC(=O)OC2CCC4CCC2[N+]4(C)Cc2ccc(OC(C)=O)cc2)C3)cc1.[Br-].[Br-]. The van der Waals surface area contributed by atoms with Gasteiger partial charge in [-0.3, -0.25) is 19.2 Å². The Hall–Kier alpha value is -2.80. The van der Waals surface area contributed by atoms with Crippen molar-refractivity contribution < 1.29 is 81.1 Å². The van der Waals surface area contributed by atoms with Crippen molar-refractivity contribution in [2.75, 3.05) is 14.1 Å². The van der Waals surface area contributed by atoms with Crippen molar-refractivity contribution in [2.24, 2.45) is 0 Å². The Bertz CT molecular complexity index is 1560. The van der Waals surface area contributed by atoms with Gasteiger partial charge in [0.2, 0.25) is 0 Å². The van der Waals surface area contributed by atoms with Crippen molar-refractivity contribution in [3.8, 4) is 11.5 Å². The first-order valence-electron chi connectivity index (χ1n) is 19.1. The number of fused-ring (bicyclic) bond motifs is 4. The number of hydrogen-bond donors (Lipinski definition) is 0. The summed E-state index contributed by atoms with van der Waals surface area (Å²) in [5, 5.41) is 0. The number of halogens is 2. The molecular weight excluding hydrogens is 808 g/mol. The van der Waals surface area contributed by atoms with E-state index in [0.29, 0.717) is 42.5 Å². The number of carbonyl (C=O) groups excluding carboxylic acids is 4. The van der Waals surface area contributed by atoms with E-state index in [2.05, 4.69) is 26.2 Å². The quantitative estimate of drug-likeness (QED) is 0.155. The van der Waals surface area contributed by atoms with Gasteiger partial charge >= 0.3 is 23.9 Å². The van der Waals surface area contributed by atoms with Crippen LogP contribution in [0.25, 0.3) is 0 Å². The summed E-state index contributed by atoms with van der Waals surface area (Å²) in [6.07, 6.45) is 9.83. The number of hydrogen-bond acceptors (Lipinski definition) is 8. The second-order valence-corrected chi connectivity index (χ2v) is 15.8. The molecular formula is C41H56Br2N2O8. The summed E-state index contributed by atoms with van der Waals surface area (Å²) in [6.45, 7) is 5.09. The fraction of sp³-hybridized carbons (Fsp3) is 0.610. The topological polar surface area (TPSA) is 105 Å². The van der Waals surface area contributed by atoms with Crippen LogP contribution in [0.3, 0.4) is 0 Å². The minimum atomic E-state index is -0.332. The Morgan fingerprint density at radius 3 is 1.70 bits per heavy atom. The Labute approximate surface area is 335 Å². The molecule has 2 aromatic rings. The highest BCUT2D eigenvalue weighted by Gasteiger charge is 2.55. The molecule has 0 N–H and O–H groups in total. The highest BCUT2D eigenvalue weighted by Crippen LogP contribution is 2.45. The predicted octanol–water partition coefficient (Wildman–Crippen LogP) is 0.562. The zero-order valence-corrected chi connectivity index (χ0v) is 34.8. The van der Waals surface area contributed by atoms with Crippen molar-refractivity contribution >= 4 is 23.9 Å². The van der Waals surface area contributed by atoms with E-state index in [0.717, 1.165) is 79.8 Å². The van der Waals surface area contributed by atoms with Crippen LogP contribution in [0.5, 0.6) is 11.5 Å². The number of piperidine rings is 2. The van der Waals surface area contributed by atoms with Crippen molar-refractivity contribution in [3.05, 3.63) is 59.7 Å². The lowest BCUT2D eigenvalue weighted by Crippen LogP contribution is -3.00. The predicted molar refractivity (Wildman–Crippen MR) is 190 cm³/mol. The van der Waals surface area contributed by atoms with E-state index < -0.39 is 0 Å². The van der Waals surface area contributed by atoms with Gasteiger partial charge in [-0.15, -0.1) is 0 Å². The highest BCUT2D eigenvalue weighted by molar-refractivity contribution is 5.73. The van der Waals surface area contributed by atoms with Crippen molar-refractivity contribution in [2.45, 2.75) is 147 Å². The van der Waals surface area contributed by atoms with E-state index in [1.54, 1.807) is 0 Å². The number of rotatable bonds is 14. The molecule has 4 aliphatic rings. The minimum absolute atomic E-state index is 0. The fourth-order valence-corrected chi connectivity index (χ4v) is 9.72. The normalized spacial score (nSPS) is 29.6. The summed E-state index contributed by atoms with van der Waals surface area (Å²) < 4.78 is 24.5. The summed E-state index contributed by atoms with van der Waals surface area (Å²) >= 11 is 0. The second kappa shape index (κ2) is 18.7. The molecule has 0 radical (unpaired) electrons. The maximum absolute atomic E-state index is 13.0. The van der Waals surface area contributed by atoms with Crippen LogP contribution in [0.15, 0.2) is 48.5 Å². The molecule has 6 rings (SSSR count). The lowest BCUT2D eigenvalue weighted by molar-refractivity contribution is -0.963. The molecule has 0 spiro atoms. The van der Waals surface area contributed by atoms with E-state index in [4.69, 9.17) is 18.9 Å². The number of nitrogens with zero attached hydrogens (tertiary/aromatic N) is 2. The molecule has 0 aliphatic carbocycles. The van der Waals surface area contributed by atoms with E-state index in [1.807, 2.05) is 43.3 Å². The van der Waals surface area contributed by atoms with Crippen LogP contribution in [0.4, 0.5) is 0 Å². The molecule has 4 bridgehead atoms. The van der Waals surface area contributed by atoms with Crippen LogP contribution in [-0.2, 0) is 41.7 Å². The van der Waals surface area contributed by atoms with E-state index in [-0.39, 0.29) is 88.9 Å². The van der Waals surface area contributed by atoms with Crippen LogP contribution in [-0.4, -0.2) is 83.3 Å². The average molecular weight is 865 g/mol. The lowest BCUT2D eigenvalue weighted by atomic mass is 9.95. The largest absolute Gasteiger partial charge is 1.00 e. The van der Waals surface area contributed by atoms with Crippen LogP contribution in [0.1, 0.15) is 108 Å². The molecule has 12 heteroatoms. The van der Waals surface area contributed by atoms with Crippen LogP contribution in [0, 0.1) is 0 Å². The first-order valence-corrected chi connectivity index (χ1v) is 19.1. The second-order valence-electron chi connectivity index (χ2n) is 15.8. The monoisotopic (exact) mass is 862 g/mol. The maximum Gasteiger partial charge on any atom is 0.311 e. The summed E-state index contributed by atoms with van der Waals surface area (Å²) in [4.78, 5) is 49.1. The van der Waals surface area contributed by atoms with Gasteiger partial charge in [0, 0.05) is 82.3 Å². The Kier molecular flexibility index (Phi) is 15.1. The molecule has 10 nitrogen and oxygen atoms in total. The molecule has 53 heavy (non-hydrogen) atoms. The van der Waals surface area contributed by atoms with Gasteiger partial charge in [0.25, 0.3) is 0 Å². The third kappa shape index (κ3) is 10.3. The van der Waals surface area contributed by atoms with E-state index in [1.165, 1.54) is 18.1 Å². The van der Waals surface area contributed by atoms with Crippen molar-refractivity contribution in [1.29, 1.82) is 0 Å². The minimum Gasteiger partial charge on any atom is -1.00 e. The molecule has 0 amide bonds. The third-order valence-corrected chi connectivity index (χ3v) is 12.4. The third-order valence-electron chi connectivity index (χ3n) is 12.4. The fourth-order valence-electron chi connectivity index (χ4n) is 9.72. The van der Waals surface area contributed by atoms with Crippen LogP contribution >= 0.6 is 0 Å².